The molecule has 92 valence electrons. The fourth-order valence-electron chi connectivity index (χ4n) is 1.67. The lowest BCUT2D eigenvalue weighted by Gasteiger charge is -2.09. The minimum absolute atomic E-state index is 0.185. The van der Waals surface area contributed by atoms with E-state index in [2.05, 4.69) is 41.8 Å². The topological polar surface area (TPSA) is 43.0 Å². The Balaban J connectivity index is 2.03. The average Bonchev–Trinajstić information content (AvgIpc) is 2.97. The fourth-order valence-corrected chi connectivity index (χ4v) is 1.67. The summed E-state index contributed by atoms with van der Waals surface area (Å²) in [6.07, 6.45) is 5.61. The Hall–Kier alpha value is -1.55. The van der Waals surface area contributed by atoms with Crippen LogP contribution in [0.5, 0.6) is 0 Å². The van der Waals surface area contributed by atoms with E-state index < -0.39 is 0 Å². The van der Waals surface area contributed by atoms with Gasteiger partial charge in [0.05, 0.1) is 24.3 Å². The van der Waals surface area contributed by atoms with Gasteiger partial charge in [-0.2, -0.15) is 0 Å². The molecule has 0 aliphatic heterocycles. The van der Waals surface area contributed by atoms with Crippen molar-refractivity contribution in [2.75, 3.05) is 0 Å². The highest BCUT2D eigenvalue weighted by Crippen LogP contribution is 2.18. The number of nitrogens with one attached hydrogen (secondary N) is 1. The molecule has 0 aliphatic carbocycles. The van der Waals surface area contributed by atoms with Gasteiger partial charge in [0, 0.05) is 18.8 Å². The maximum absolute atomic E-state index is 5.39. The molecule has 4 nitrogen and oxygen atoms in total. The van der Waals surface area contributed by atoms with E-state index in [4.69, 9.17) is 4.42 Å². The highest BCUT2D eigenvalue weighted by Gasteiger charge is 2.11. The third-order valence-corrected chi connectivity index (χ3v) is 2.75. The molecule has 1 N–H and O–H groups in total. The Bertz CT molecular complexity index is 445. The molecule has 0 spiro atoms. The van der Waals surface area contributed by atoms with E-state index in [9.17, 15) is 0 Å². The van der Waals surface area contributed by atoms with Crippen molar-refractivity contribution >= 4 is 0 Å². The number of furan rings is 1. The monoisotopic (exact) mass is 233 g/mol. The van der Waals surface area contributed by atoms with Crippen molar-refractivity contribution in [3.8, 4) is 0 Å². The van der Waals surface area contributed by atoms with E-state index in [-0.39, 0.29) is 6.04 Å². The van der Waals surface area contributed by atoms with Crippen LogP contribution >= 0.6 is 0 Å². The van der Waals surface area contributed by atoms with Gasteiger partial charge in [0.15, 0.2) is 0 Å². The predicted molar refractivity (Wildman–Crippen MR) is 66.7 cm³/mol. The Morgan fingerprint density at radius 3 is 2.88 bits per heavy atom. The molecule has 0 saturated heterocycles. The van der Waals surface area contributed by atoms with Gasteiger partial charge in [0.25, 0.3) is 0 Å². The zero-order chi connectivity index (χ0) is 12.3. The van der Waals surface area contributed by atoms with Crippen LogP contribution in [0.1, 0.15) is 38.3 Å². The summed E-state index contributed by atoms with van der Waals surface area (Å²) in [5, 5.41) is 3.35. The van der Waals surface area contributed by atoms with E-state index in [1.165, 1.54) is 0 Å². The van der Waals surface area contributed by atoms with Gasteiger partial charge < -0.3 is 14.3 Å². The van der Waals surface area contributed by atoms with Crippen LogP contribution in [0.2, 0.25) is 0 Å². The molecule has 2 heterocycles. The van der Waals surface area contributed by atoms with Gasteiger partial charge >= 0.3 is 0 Å². The first-order valence-electron chi connectivity index (χ1n) is 5.96. The van der Waals surface area contributed by atoms with Gasteiger partial charge in [-0.3, -0.25) is 0 Å². The number of rotatable bonds is 5. The average molecular weight is 233 g/mol. The maximum Gasteiger partial charge on any atom is 0.126 e. The zero-order valence-corrected chi connectivity index (χ0v) is 10.6. The molecule has 1 atom stereocenters. The third kappa shape index (κ3) is 2.97. The van der Waals surface area contributed by atoms with E-state index in [0.29, 0.717) is 6.04 Å². The van der Waals surface area contributed by atoms with Crippen molar-refractivity contribution < 1.29 is 4.42 Å². The summed E-state index contributed by atoms with van der Waals surface area (Å²) in [5.41, 5.74) is 1.05. The second-order valence-electron chi connectivity index (χ2n) is 4.54. The van der Waals surface area contributed by atoms with Crippen LogP contribution in [0.3, 0.4) is 0 Å². The van der Waals surface area contributed by atoms with Gasteiger partial charge in [-0.25, -0.2) is 4.98 Å². The predicted octanol–water partition coefficient (Wildman–Crippen LogP) is 2.58. The van der Waals surface area contributed by atoms with Gasteiger partial charge in [-0.15, -0.1) is 0 Å². The number of hydrogen-bond acceptors (Lipinski definition) is 3. The fraction of sp³-hybridized carbons (Fsp3) is 0.462. The molecule has 17 heavy (non-hydrogen) atoms. The minimum atomic E-state index is 0.185. The minimum Gasteiger partial charge on any atom is -0.467 e. The molecule has 0 saturated carbocycles. The Kier molecular flexibility index (Phi) is 3.64. The normalized spacial score (nSPS) is 13.2. The van der Waals surface area contributed by atoms with Crippen LogP contribution in [0.25, 0.3) is 0 Å². The molecule has 1 unspecified atom stereocenters. The standard InChI is InChI=1S/C13H19N3O/c1-10(2)14-7-12-8-16(9-15-12)11(3)13-5-4-6-17-13/h4-6,8-11,14H,7H2,1-3H3. The lowest BCUT2D eigenvalue weighted by Crippen LogP contribution is -2.21. The number of nitrogens with zero attached hydrogens (tertiary/aromatic N) is 2. The van der Waals surface area contributed by atoms with Crippen molar-refractivity contribution in [1.82, 2.24) is 14.9 Å². The molecule has 0 aliphatic rings. The van der Waals surface area contributed by atoms with Crippen LogP contribution in [0.4, 0.5) is 0 Å². The molecule has 2 rings (SSSR count). The van der Waals surface area contributed by atoms with Crippen LogP contribution in [0, 0.1) is 0 Å². The van der Waals surface area contributed by atoms with Crippen molar-refractivity contribution in [3.63, 3.8) is 0 Å². The van der Waals surface area contributed by atoms with Crippen LogP contribution in [-0.2, 0) is 6.54 Å². The highest BCUT2D eigenvalue weighted by atomic mass is 16.3. The molecule has 0 bridgehead atoms. The van der Waals surface area contributed by atoms with E-state index in [0.717, 1.165) is 18.0 Å². The summed E-state index contributed by atoms with van der Waals surface area (Å²) in [4.78, 5) is 4.38. The van der Waals surface area contributed by atoms with Crippen LogP contribution < -0.4 is 5.32 Å². The van der Waals surface area contributed by atoms with Crippen molar-refractivity contribution in [2.45, 2.75) is 39.4 Å². The SMILES string of the molecule is CC(C)NCc1cn(C(C)c2ccco2)cn1. The van der Waals surface area contributed by atoms with E-state index >= 15 is 0 Å². The third-order valence-electron chi connectivity index (χ3n) is 2.75. The summed E-state index contributed by atoms with van der Waals surface area (Å²) >= 11 is 0. The highest BCUT2D eigenvalue weighted by molar-refractivity contribution is 5.07. The maximum atomic E-state index is 5.39. The largest absolute Gasteiger partial charge is 0.467 e. The zero-order valence-electron chi connectivity index (χ0n) is 10.6. The van der Waals surface area contributed by atoms with Gasteiger partial charge in [0.1, 0.15) is 5.76 Å². The Morgan fingerprint density at radius 1 is 1.41 bits per heavy atom. The summed E-state index contributed by atoms with van der Waals surface area (Å²) in [6.45, 7) is 7.15. The summed E-state index contributed by atoms with van der Waals surface area (Å²) in [5.74, 6) is 0.950. The second-order valence-corrected chi connectivity index (χ2v) is 4.54. The first-order chi connectivity index (χ1) is 8.16. The summed E-state index contributed by atoms with van der Waals surface area (Å²) in [6, 6.07) is 4.55. The van der Waals surface area contributed by atoms with Crippen molar-refractivity contribution in [2.24, 2.45) is 0 Å². The number of hydrogen-bond donors (Lipinski definition) is 1. The first kappa shape index (κ1) is 11.9. The lowest BCUT2D eigenvalue weighted by molar-refractivity contribution is 0.445. The molecule has 0 aromatic carbocycles. The molecular formula is C13H19N3O. The molecule has 0 radical (unpaired) electrons. The Labute approximate surface area is 102 Å². The van der Waals surface area contributed by atoms with Gasteiger partial charge in [-0.1, -0.05) is 13.8 Å². The summed E-state index contributed by atoms with van der Waals surface area (Å²) in [7, 11) is 0. The van der Waals surface area contributed by atoms with Crippen LogP contribution in [0.15, 0.2) is 35.3 Å². The van der Waals surface area contributed by atoms with Crippen molar-refractivity contribution in [1.29, 1.82) is 0 Å². The van der Waals surface area contributed by atoms with E-state index in [1.54, 1.807) is 6.26 Å². The van der Waals surface area contributed by atoms with Gasteiger partial charge in [-0.05, 0) is 19.1 Å². The molecule has 2 aromatic heterocycles. The van der Waals surface area contributed by atoms with Crippen LogP contribution in [-0.4, -0.2) is 15.6 Å². The molecule has 4 heteroatoms. The number of imidazole rings is 1. The Morgan fingerprint density at radius 2 is 2.24 bits per heavy atom. The molecule has 0 fully saturated rings. The molecule has 0 amide bonds. The quantitative estimate of drug-likeness (QED) is 0.863. The van der Waals surface area contributed by atoms with E-state index in [1.807, 2.05) is 18.5 Å². The first-order valence-corrected chi connectivity index (χ1v) is 5.96. The summed E-state index contributed by atoms with van der Waals surface area (Å²) < 4.78 is 7.46. The lowest BCUT2D eigenvalue weighted by atomic mass is 10.2. The van der Waals surface area contributed by atoms with Gasteiger partial charge in [0.2, 0.25) is 0 Å². The second kappa shape index (κ2) is 5.19. The van der Waals surface area contributed by atoms with Crippen molar-refractivity contribution in [3.05, 3.63) is 42.4 Å². The molecular weight excluding hydrogens is 214 g/mol. The molecule has 2 aromatic rings. The smallest absolute Gasteiger partial charge is 0.126 e. The number of aromatic nitrogens is 2.